The molecular weight excluding hydrogens is 382 g/mol. The van der Waals surface area contributed by atoms with Crippen LogP contribution in [0.1, 0.15) is 124 Å². The van der Waals surface area contributed by atoms with E-state index in [1.165, 1.54) is 89.9 Å². The Morgan fingerprint density at radius 3 is 2.06 bits per heavy atom. The van der Waals surface area contributed by atoms with Gasteiger partial charge in [0, 0.05) is 20.3 Å². The average Bonchev–Trinajstić information content (AvgIpc) is 3.17. The Hall–Kier alpha value is -1.16. The number of hydrogen-bond acceptors (Lipinski definition) is 2. The van der Waals surface area contributed by atoms with E-state index in [1.54, 1.807) is 6.92 Å². The van der Waals surface area contributed by atoms with Crippen LogP contribution in [-0.4, -0.2) is 42.0 Å². The minimum atomic E-state index is 0.0583. The summed E-state index contributed by atoms with van der Waals surface area (Å²) in [7, 11) is 0. The van der Waals surface area contributed by atoms with Crippen LogP contribution in [0.5, 0.6) is 0 Å². The van der Waals surface area contributed by atoms with E-state index < -0.39 is 0 Å². The fourth-order valence-electron chi connectivity index (χ4n) is 4.93. The van der Waals surface area contributed by atoms with Gasteiger partial charge in [-0.25, -0.2) is 4.99 Å². The zero-order chi connectivity index (χ0) is 22.8. The molecule has 0 saturated heterocycles. The van der Waals surface area contributed by atoms with Gasteiger partial charge < -0.3 is 5.32 Å². The number of rotatable bonds is 19. The summed E-state index contributed by atoms with van der Waals surface area (Å²) in [5.74, 6) is 0.0583. The predicted octanol–water partition coefficient (Wildman–Crippen LogP) is 7.14. The summed E-state index contributed by atoms with van der Waals surface area (Å²) in [5, 5.41) is 3.11. The van der Waals surface area contributed by atoms with Crippen molar-refractivity contribution < 1.29 is 9.28 Å². The predicted molar refractivity (Wildman–Crippen MR) is 135 cm³/mol. The highest BCUT2D eigenvalue weighted by molar-refractivity contribution is 5.73. The molecule has 4 heteroatoms. The van der Waals surface area contributed by atoms with Crippen LogP contribution >= 0.6 is 0 Å². The molecule has 31 heavy (non-hydrogen) atoms. The quantitative estimate of drug-likeness (QED) is 0.131. The Bertz CT molecular complexity index is 517. The Morgan fingerprint density at radius 2 is 1.52 bits per heavy atom. The summed E-state index contributed by atoms with van der Waals surface area (Å²) < 4.78 is 0.882. The lowest BCUT2D eigenvalue weighted by molar-refractivity contribution is -0.959. The lowest BCUT2D eigenvalue weighted by Crippen LogP contribution is -2.63. The minimum absolute atomic E-state index is 0.0583. The van der Waals surface area contributed by atoms with Crippen molar-refractivity contribution in [2.24, 2.45) is 4.99 Å². The van der Waals surface area contributed by atoms with Crippen LogP contribution < -0.4 is 5.32 Å². The van der Waals surface area contributed by atoms with Crippen molar-refractivity contribution in [3.63, 3.8) is 0 Å². The zero-order valence-electron chi connectivity index (χ0n) is 21.2. The first-order valence-corrected chi connectivity index (χ1v) is 13.4. The number of nitrogens with zero attached hydrogens (tertiary/aromatic N) is 2. The summed E-state index contributed by atoms with van der Waals surface area (Å²) in [6.07, 6.45) is 27.3. The third kappa shape index (κ3) is 11.3. The second kappa shape index (κ2) is 17.4. The summed E-state index contributed by atoms with van der Waals surface area (Å²) in [5.41, 5.74) is 0. The maximum absolute atomic E-state index is 11.5. The van der Waals surface area contributed by atoms with Gasteiger partial charge in [-0.3, -0.25) is 9.28 Å². The van der Waals surface area contributed by atoms with Gasteiger partial charge in [-0.1, -0.05) is 76.9 Å². The number of unbranched alkanes of at least 4 members (excludes halogenated alkanes) is 12. The second-order valence-corrected chi connectivity index (χ2v) is 9.52. The number of amides is 1. The van der Waals surface area contributed by atoms with Gasteiger partial charge in [-0.05, 0) is 39.0 Å². The second-order valence-electron chi connectivity index (χ2n) is 9.52. The highest BCUT2D eigenvalue weighted by Crippen LogP contribution is 2.27. The zero-order valence-corrected chi connectivity index (χ0v) is 21.2. The summed E-state index contributed by atoms with van der Waals surface area (Å²) >= 11 is 0. The third-order valence-corrected chi connectivity index (χ3v) is 7.04. The van der Waals surface area contributed by atoms with Gasteiger partial charge in [-0.2, -0.15) is 0 Å². The molecule has 180 valence electrons. The van der Waals surface area contributed by atoms with Crippen LogP contribution in [0.2, 0.25) is 0 Å². The molecule has 0 aromatic carbocycles. The van der Waals surface area contributed by atoms with Gasteiger partial charge in [-0.15, -0.1) is 0 Å². The smallest absolute Gasteiger partial charge is 0.221 e. The molecular formula is C27H52N3O+. The lowest BCUT2D eigenvalue weighted by Gasteiger charge is -2.42. The Labute approximate surface area is 193 Å². The minimum Gasteiger partial charge on any atom is -0.307 e. The van der Waals surface area contributed by atoms with Crippen LogP contribution in [0.4, 0.5) is 0 Å². The number of carbonyl (C=O) groups excluding carboxylic acids is 1. The molecule has 0 aliphatic carbocycles. The van der Waals surface area contributed by atoms with E-state index in [2.05, 4.69) is 44.5 Å². The monoisotopic (exact) mass is 434 g/mol. The molecule has 1 N–H and O–H groups in total. The van der Waals surface area contributed by atoms with Gasteiger partial charge in [0.2, 0.25) is 5.91 Å². The molecule has 1 amide bonds. The molecule has 0 fully saturated rings. The molecule has 3 unspecified atom stereocenters. The standard InChI is InChI=1S/C27H51N3O/c1-5-7-8-9-10-11-12-13-14-15-16-17-18-19-20-21-22-27-28-23-24-30(27,6-2)25(3)29-26(4)31/h10-11,23,25,27H,5-9,12-22,24H2,1-4H3/p+1/b11-10+. The number of allylic oxidation sites excluding steroid dienone is 2. The first-order valence-electron chi connectivity index (χ1n) is 13.4. The summed E-state index contributed by atoms with van der Waals surface area (Å²) in [4.78, 5) is 16.3. The molecule has 1 aliphatic heterocycles. The summed E-state index contributed by atoms with van der Waals surface area (Å²) in [6.45, 7) is 10.2. The normalized spacial score (nSPS) is 21.7. The summed E-state index contributed by atoms with van der Waals surface area (Å²) in [6, 6.07) is 0. The van der Waals surface area contributed by atoms with E-state index in [9.17, 15) is 4.79 Å². The Kier molecular flexibility index (Phi) is 15.6. The topological polar surface area (TPSA) is 41.5 Å². The van der Waals surface area contributed by atoms with Crippen LogP contribution in [0, 0.1) is 0 Å². The highest BCUT2D eigenvalue weighted by Gasteiger charge is 2.42. The first-order chi connectivity index (χ1) is 15.1. The number of aliphatic imine (C=N–C) groups is 1. The van der Waals surface area contributed by atoms with Crippen molar-refractivity contribution in [2.75, 3.05) is 13.1 Å². The molecule has 0 saturated carbocycles. The molecule has 0 radical (unpaired) electrons. The molecule has 0 aromatic rings. The molecule has 0 bridgehead atoms. The van der Waals surface area contributed by atoms with Crippen molar-refractivity contribution in [3.05, 3.63) is 12.2 Å². The fraction of sp³-hybridized carbons (Fsp3) is 0.852. The van der Waals surface area contributed by atoms with E-state index in [0.717, 1.165) is 24.0 Å². The lowest BCUT2D eigenvalue weighted by atomic mass is 10.0. The molecule has 1 aliphatic rings. The van der Waals surface area contributed by atoms with Crippen LogP contribution in [-0.2, 0) is 4.79 Å². The van der Waals surface area contributed by atoms with E-state index in [1.807, 2.05) is 0 Å². The maximum atomic E-state index is 11.5. The largest absolute Gasteiger partial charge is 0.307 e. The molecule has 4 nitrogen and oxygen atoms in total. The van der Waals surface area contributed by atoms with Crippen LogP contribution in [0.25, 0.3) is 0 Å². The van der Waals surface area contributed by atoms with Crippen molar-refractivity contribution in [2.45, 2.75) is 136 Å². The maximum Gasteiger partial charge on any atom is 0.221 e. The van der Waals surface area contributed by atoms with Crippen molar-refractivity contribution in [1.29, 1.82) is 0 Å². The van der Waals surface area contributed by atoms with Crippen LogP contribution in [0.3, 0.4) is 0 Å². The molecule has 1 heterocycles. The van der Waals surface area contributed by atoms with E-state index in [4.69, 9.17) is 4.99 Å². The molecule has 1 rings (SSSR count). The first kappa shape index (κ1) is 27.9. The Morgan fingerprint density at radius 1 is 0.968 bits per heavy atom. The van der Waals surface area contributed by atoms with Crippen molar-refractivity contribution in [3.8, 4) is 0 Å². The van der Waals surface area contributed by atoms with Crippen LogP contribution in [0.15, 0.2) is 17.1 Å². The average molecular weight is 435 g/mol. The van der Waals surface area contributed by atoms with Gasteiger partial charge in [0.05, 0.1) is 12.8 Å². The molecule has 0 spiro atoms. The Balaban J connectivity index is 2.02. The van der Waals surface area contributed by atoms with Gasteiger partial charge >= 0.3 is 0 Å². The van der Waals surface area contributed by atoms with Gasteiger partial charge in [0.1, 0.15) is 6.54 Å². The third-order valence-electron chi connectivity index (χ3n) is 7.04. The van der Waals surface area contributed by atoms with E-state index in [-0.39, 0.29) is 12.1 Å². The fourth-order valence-corrected chi connectivity index (χ4v) is 4.93. The number of hydrogen-bond donors (Lipinski definition) is 1. The SMILES string of the molecule is CCCCC/C=C/CCCCCCCCCCCC1N=CC[N+]1(CC)C(C)NC(C)=O. The molecule has 3 atom stereocenters. The number of quaternary nitrogens is 1. The van der Waals surface area contributed by atoms with E-state index in [0.29, 0.717) is 6.17 Å². The van der Waals surface area contributed by atoms with Crippen molar-refractivity contribution in [1.82, 2.24) is 5.32 Å². The number of carbonyl (C=O) groups is 1. The molecule has 0 aromatic heterocycles. The van der Waals surface area contributed by atoms with Crippen molar-refractivity contribution >= 4 is 12.1 Å². The van der Waals surface area contributed by atoms with Gasteiger partial charge in [0.25, 0.3) is 0 Å². The van der Waals surface area contributed by atoms with Gasteiger partial charge in [0.15, 0.2) is 12.3 Å². The highest BCUT2D eigenvalue weighted by atomic mass is 16.1. The van der Waals surface area contributed by atoms with E-state index >= 15 is 0 Å². The number of nitrogens with one attached hydrogen (secondary N) is 1.